The topological polar surface area (TPSA) is 58.7 Å². The van der Waals surface area contributed by atoms with Crippen LogP contribution < -0.4 is 5.73 Å². The van der Waals surface area contributed by atoms with Crippen molar-refractivity contribution in [2.24, 2.45) is 11.7 Å². The van der Waals surface area contributed by atoms with Crippen LogP contribution in [0.2, 0.25) is 0 Å². The molecular formula is C17H28N2O2. The van der Waals surface area contributed by atoms with Gasteiger partial charge in [0.05, 0.1) is 0 Å². The Morgan fingerprint density at radius 3 is 2.57 bits per heavy atom. The summed E-state index contributed by atoms with van der Waals surface area (Å²) in [6.07, 6.45) is 2.95. The van der Waals surface area contributed by atoms with E-state index in [1.165, 1.54) is 0 Å². The lowest BCUT2D eigenvalue weighted by Gasteiger charge is -2.31. The highest BCUT2D eigenvalue weighted by molar-refractivity contribution is 5.22. The Balaban J connectivity index is 1.84. The van der Waals surface area contributed by atoms with Gasteiger partial charge in [-0.25, -0.2) is 0 Å². The Kier molecular flexibility index (Phi) is 6.18. The zero-order valence-electron chi connectivity index (χ0n) is 13.0. The van der Waals surface area contributed by atoms with E-state index in [-0.39, 0.29) is 6.54 Å². The minimum Gasteiger partial charge on any atom is -0.384 e. The van der Waals surface area contributed by atoms with Crippen molar-refractivity contribution in [1.29, 1.82) is 0 Å². The van der Waals surface area contributed by atoms with Crippen LogP contribution in [0, 0.1) is 5.92 Å². The van der Waals surface area contributed by atoms with Crippen LogP contribution in [0.1, 0.15) is 24.8 Å². The summed E-state index contributed by atoms with van der Waals surface area (Å²) in [4.78, 5) is 2.31. The van der Waals surface area contributed by atoms with Crippen molar-refractivity contribution in [2.45, 2.75) is 24.9 Å². The van der Waals surface area contributed by atoms with E-state index in [0.29, 0.717) is 12.3 Å². The fraction of sp³-hybridized carbons (Fsp3) is 0.647. The second-order valence-corrected chi connectivity index (χ2v) is 6.17. The van der Waals surface area contributed by atoms with Crippen LogP contribution in [0.5, 0.6) is 0 Å². The lowest BCUT2D eigenvalue weighted by Crippen LogP contribution is -2.39. The van der Waals surface area contributed by atoms with Crippen molar-refractivity contribution in [2.75, 3.05) is 39.9 Å². The molecule has 1 fully saturated rings. The first-order valence-electron chi connectivity index (χ1n) is 7.88. The van der Waals surface area contributed by atoms with Crippen molar-refractivity contribution >= 4 is 0 Å². The number of nitrogens with zero attached hydrogens (tertiary/aromatic N) is 1. The average molecular weight is 292 g/mol. The first kappa shape index (κ1) is 16.4. The summed E-state index contributed by atoms with van der Waals surface area (Å²) in [6, 6.07) is 9.75. The van der Waals surface area contributed by atoms with Crippen molar-refractivity contribution in [3.05, 3.63) is 35.9 Å². The minimum absolute atomic E-state index is 0.252. The summed E-state index contributed by atoms with van der Waals surface area (Å²) in [5, 5.41) is 10.8. The zero-order valence-corrected chi connectivity index (χ0v) is 13.0. The lowest BCUT2D eigenvalue weighted by molar-refractivity contribution is 0.0213. The van der Waals surface area contributed by atoms with Crippen LogP contribution in [-0.2, 0) is 10.3 Å². The van der Waals surface area contributed by atoms with E-state index in [1.54, 1.807) is 0 Å². The van der Waals surface area contributed by atoms with Crippen LogP contribution in [0.15, 0.2) is 30.3 Å². The monoisotopic (exact) mass is 292 g/mol. The number of hydrogen-bond donors (Lipinski definition) is 2. The predicted molar refractivity (Wildman–Crippen MR) is 85.1 cm³/mol. The second kappa shape index (κ2) is 7.90. The molecule has 1 aromatic carbocycles. The number of rotatable bonds is 7. The lowest BCUT2D eigenvalue weighted by atomic mass is 9.90. The molecule has 1 unspecified atom stereocenters. The SMILES string of the molecule is CN(CCC(O)(CN)c1ccccc1)CC1CCOCC1. The molecule has 118 valence electrons. The highest BCUT2D eigenvalue weighted by Gasteiger charge is 2.27. The van der Waals surface area contributed by atoms with Gasteiger partial charge in [0.2, 0.25) is 0 Å². The summed E-state index contributed by atoms with van der Waals surface area (Å²) in [5.74, 6) is 0.714. The number of benzene rings is 1. The largest absolute Gasteiger partial charge is 0.384 e. The third-order valence-corrected chi connectivity index (χ3v) is 4.47. The Bertz CT molecular complexity index is 407. The molecule has 0 saturated carbocycles. The van der Waals surface area contributed by atoms with Crippen LogP contribution in [-0.4, -0.2) is 49.9 Å². The Hall–Kier alpha value is -0.940. The predicted octanol–water partition coefficient (Wildman–Crippen LogP) is 1.58. The molecule has 2 rings (SSSR count). The van der Waals surface area contributed by atoms with Crippen molar-refractivity contribution < 1.29 is 9.84 Å². The van der Waals surface area contributed by atoms with Gasteiger partial charge in [0.15, 0.2) is 0 Å². The third-order valence-electron chi connectivity index (χ3n) is 4.47. The summed E-state index contributed by atoms with van der Waals surface area (Å²) in [7, 11) is 2.12. The summed E-state index contributed by atoms with van der Waals surface area (Å²) in [5.41, 5.74) is 5.81. The van der Waals surface area contributed by atoms with E-state index < -0.39 is 5.60 Å². The molecule has 0 radical (unpaired) electrons. The molecule has 0 aliphatic carbocycles. The van der Waals surface area contributed by atoms with E-state index in [4.69, 9.17) is 10.5 Å². The van der Waals surface area contributed by atoms with E-state index >= 15 is 0 Å². The Morgan fingerprint density at radius 1 is 1.29 bits per heavy atom. The number of ether oxygens (including phenoxy) is 1. The van der Waals surface area contributed by atoms with Gasteiger partial charge in [-0.05, 0) is 37.8 Å². The number of hydrogen-bond acceptors (Lipinski definition) is 4. The Labute approximate surface area is 127 Å². The highest BCUT2D eigenvalue weighted by Crippen LogP contribution is 2.24. The van der Waals surface area contributed by atoms with Crippen molar-refractivity contribution in [3.8, 4) is 0 Å². The molecule has 4 heteroatoms. The van der Waals surface area contributed by atoms with E-state index in [2.05, 4.69) is 11.9 Å². The van der Waals surface area contributed by atoms with Crippen molar-refractivity contribution in [1.82, 2.24) is 4.90 Å². The molecule has 21 heavy (non-hydrogen) atoms. The zero-order chi connectivity index (χ0) is 15.1. The molecule has 1 atom stereocenters. The second-order valence-electron chi connectivity index (χ2n) is 6.17. The van der Waals surface area contributed by atoms with Crippen LogP contribution in [0.3, 0.4) is 0 Å². The quantitative estimate of drug-likeness (QED) is 0.801. The van der Waals surface area contributed by atoms with Crippen LogP contribution in [0.4, 0.5) is 0 Å². The van der Waals surface area contributed by atoms with Gasteiger partial charge in [-0.2, -0.15) is 0 Å². The Morgan fingerprint density at radius 2 is 1.95 bits per heavy atom. The third kappa shape index (κ3) is 4.78. The molecule has 1 aromatic rings. The molecule has 1 heterocycles. The minimum atomic E-state index is -0.925. The van der Waals surface area contributed by atoms with Gasteiger partial charge < -0.3 is 20.5 Å². The molecule has 0 bridgehead atoms. The maximum atomic E-state index is 10.8. The maximum Gasteiger partial charge on any atom is 0.103 e. The number of aliphatic hydroxyl groups is 1. The van der Waals surface area contributed by atoms with Gasteiger partial charge in [0.1, 0.15) is 5.60 Å². The molecular weight excluding hydrogens is 264 g/mol. The molecule has 4 nitrogen and oxygen atoms in total. The van der Waals surface area contributed by atoms with Gasteiger partial charge >= 0.3 is 0 Å². The van der Waals surface area contributed by atoms with Gasteiger partial charge in [-0.3, -0.25) is 0 Å². The molecule has 0 amide bonds. The fourth-order valence-corrected chi connectivity index (χ4v) is 2.95. The van der Waals surface area contributed by atoms with Crippen molar-refractivity contribution in [3.63, 3.8) is 0 Å². The molecule has 0 aromatic heterocycles. The van der Waals surface area contributed by atoms with Gasteiger partial charge in [-0.15, -0.1) is 0 Å². The van der Waals surface area contributed by atoms with Gasteiger partial charge in [-0.1, -0.05) is 30.3 Å². The first-order valence-corrected chi connectivity index (χ1v) is 7.88. The molecule has 1 saturated heterocycles. The van der Waals surface area contributed by atoms with Crippen LogP contribution >= 0.6 is 0 Å². The van der Waals surface area contributed by atoms with Gasteiger partial charge in [0.25, 0.3) is 0 Å². The first-order chi connectivity index (χ1) is 10.1. The standard InChI is InChI=1S/C17H28N2O2/c1-19(13-15-7-11-21-12-8-15)10-9-17(20,14-18)16-5-3-2-4-6-16/h2-6,15,20H,7-14,18H2,1H3. The highest BCUT2D eigenvalue weighted by atomic mass is 16.5. The smallest absolute Gasteiger partial charge is 0.103 e. The van der Waals surface area contributed by atoms with E-state index in [9.17, 15) is 5.11 Å². The summed E-state index contributed by atoms with van der Waals surface area (Å²) < 4.78 is 5.40. The maximum absolute atomic E-state index is 10.8. The fourth-order valence-electron chi connectivity index (χ4n) is 2.95. The molecule has 1 aliphatic rings. The van der Waals surface area contributed by atoms with E-state index in [0.717, 1.165) is 44.7 Å². The normalized spacial score (nSPS) is 19.6. The molecule has 0 spiro atoms. The van der Waals surface area contributed by atoms with Crippen LogP contribution in [0.25, 0.3) is 0 Å². The number of nitrogens with two attached hydrogens (primary N) is 1. The molecule has 3 N–H and O–H groups in total. The average Bonchev–Trinajstić information content (AvgIpc) is 2.54. The molecule has 1 aliphatic heterocycles. The van der Waals surface area contributed by atoms with E-state index in [1.807, 2.05) is 30.3 Å². The summed E-state index contributed by atoms with van der Waals surface area (Å²) in [6.45, 7) is 3.94. The summed E-state index contributed by atoms with van der Waals surface area (Å²) >= 11 is 0. The van der Waals surface area contributed by atoms with Gasteiger partial charge in [0, 0.05) is 32.8 Å².